The van der Waals surface area contributed by atoms with Gasteiger partial charge in [-0.3, -0.25) is 19.2 Å². The van der Waals surface area contributed by atoms with Crippen molar-refractivity contribution in [3.05, 3.63) is 17.5 Å². The summed E-state index contributed by atoms with van der Waals surface area (Å²) in [6, 6.07) is -1.51. The molecule has 5 amide bonds. The summed E-state index contributed by atoms with van der Waals surface area (Å²) in [5.74, 6) is -2.95. The second-order valence-corrected chi connectivity index (χ2v) is 20.0. The monoisotopic (exact) mass is 752 g/mol. The smallest absolute Gasteiger partial charge is 0.315 e. The molecule has 1 saturated heterocycles. The first-order valence-corrected chi connectivity index (χ1v) is 20.4. The number of Topliss-reactive ketones (excluding diaryl/α,β-unsaturated/α-hetero) is 1. The van der Waals surface area contributed by atoms with Crippen LogP contribution in [0.1, 0.15) is 101 Å². The molecule has 5 N–H and O–H groups in total. The van der Waals surface area contributed by atoms with Crippen molar-refractivity contribution in [1.82, 2.24) is 25.2 Å². The Morgan fingerprint density at radius 1 is 0.961 bits per heavy atom. The van der Waals surface area contributed by atoms with E-state index in [0.717, 1.165) is 30.6 Å². The Morgan fingerprint density at radius 2 is 1.59 bits per heavy atom. The summed E-state index contributed by atoms with van der Waals surface area (Å²) in [5.41, 5.74) is 3.99. The van der Waals surface area contributed by atoms with E-state index in [9.17, 15) is 32.4 Å². The largest absolute Gasteiger partial charge is 0.363 e. The van der Waals surface area contributed by atoms with Crippen molar-refractivity contribution in [3.63, 3.8) is 0 Å². The number of nitrogens with two attached hydrogens (primary N) is 1. The molecule has 0 radical (unpaired) electrons. The molecule has 288 valence electrons. The van der Waals surface area contributed by atoms with Gasteiger partial charge < -0.3 is 26.6 Å². The highest BCUT2D eigenvalue weighted by Gasteiger charge is 2.48. The number of nitrogens with one attached hydrogen (secondary N) is 3. The standard InChI is InChI=1S/C36H60N6O7S2/c1-21(2)24-16-17-41(28(24)32(45)38-25(29(43)31(37)44)19-23-13-11-14-23)33(46)30(36(8,9)10)40-34(47)39-26(35(5,6)7)20-42(22(3)4)51(48,49)27-15-12-18-50-27/h12,15,18,21-26,28,30H,11,13-14,16-17,19-20H2,1-10H3,(H2,37,44)(H,38,45)(H2,39,40,47)/t24-,25?,26-,28+,30-/m1/s1. The fourth-order valence-electron chi connectivity index (χ4n) is 6.79. The summed E-state index contributed by atoms with van der Waals surface area (Å²) in [6.45, 7) is 18.9. The first kappa shape index (κ1) is 42.4. The molecule has 0 bridgehead atoms. The zero-order valence-electron chi connectivity index (χ0n) is 31.9. The maximum atomic E-state index is 14.5. The summed E-state index contributed by atoms with van der Waals surface area (Å²) in [5, 5.41) is 10.3. The van der Waals surface area contributed by atoms with E-state index < -0.39 is 80.6 Å². The summed E-state index contributed by atoms with van der Waals surface area (Å²) in [7, 11) is -3.84. The number of primary amides is 1. The normalized spacial score (nSPS) is 20.5. The minimum atomic E-state index is -3.84. The average Bonchev–Trinajstić information content (AvgIpc) is 3.68. The molecule has 2 heterocycles. The second kappa shape index (κ2) is 16.7. The van der Waals surface area contributed by atoms with Gasteiger partial charge in [0.05, 0.1) is 6.04 Å². The molecule has 2 aliphatic rings. The first-order valence-electron chi connectivity index (χ1n) is 18.0. The Hall–Kier alpha value is -3.04. The minimum absolute atomic E-state index is 0.000559. The second-order valence-electron chi connectivity index (χ2n) is 16.9. The number of amides is 5. The van der Waals surface area contributed by atoms with Crippen molar-refractivity contribution in [3.8, 4) is 0 Å². The van der Waals surface area contributed by atoms with Gasteiger partial charge in [0.1, 0.15) is 16.3 Å². The van der Waals surface area contributed by atoms with E-state index in [-0.39, 0.29) is 35.1 Å². The highest BCUT2D eigenvalue weighted by Crippen LogP contribution is 2.35. The third-order valence-corrected chi connectivity index (χ3v) is 13.7. The van der Waals surface area contributed by atoms with E-state index in [4.69, 9.17) is 5.73 Å². The van der Waals surface area contributed by atoms with Crippen LogP contribution in [0.15, 0.2) is 21.7 Å². The predicted octanol–water partition coefficient (Wildman–Crippen LogP) is 3.88. The van der Waals surface area contributed by atoms with Gasteiger partial charge in [0.25, 0.3) is 15.9 Å². The zero-order chi connectivity index (χ0) is 38.6. The van der Waals surface area contributed by atoms with Gasteiger partial charge in [0.15, 0.2) is 0 Å². The fourth-order valence-corrected chi connectivity index (χ4v) is 9.56. The van der Waals surface area contributed by atoms with Crippen molar-refractivity contribution < 1.29 is 32.4 Å². The van der Waals surface area contributed by atoms with Gasteiger partial charge in [0, 0.05) is 25.2 Å². The maximum Gasteiger partial charge on any atom is 0.315 e. The molecule has 51 heavy (non-hydrogen) atoms. The lowest BCUT2D eigenvalue weighted by molar-refractivity contribution is -0.144. The van der Waals surface area contributed by atoms with Crippen LogP contribution in [0.5, 0.6) is 0 Å². The molecule has 1 saturated carbocycles. The number of hydrogen-bond acceptors (Lipinski definition) is 8. The molecule has 3 rings (SSSR count). The number of carbonyl (C=O) groups excluding carboxylic acids is 5. The van der Waals surface area contributed by atoms with Gasteiger partial charge in [-0.05, 0) is 66.7 Å². The number of ketones is 1. The summed E-state index contributed by atoms with van der Waals surface area (Å²) >= 11 is 1.13. The molecular weight excluding hydrogens is 693 g/mol. The van der Waals surface area contributed by atoms with Crippen molar-refractivity contribution >= 4 is 50.9 Å². The van der Waals surface area contributed by atoms with Gasteiger partial charge in [-0.2, -0.15) is 4.31 Å². The zero-order valence-corrected chi connectivity index (χ0v) is 33.6. The summed E-state index contributed by atoms with van der Waals surface area (Å²) in [6.07, 6.45) is 3.67. The Balaban J connectivity index is 1.86. The van der Waals surface area contributed by atoms with E-state index in [1.165, 1.54) is 9.21 Å². The van der Waals surface area contributed by atoms with Crippen molar-refractivity contribution in [1.29, 1.82) is 0 Å². The minimum Gasteiger partial charge on any atom is -0.363 e. The van der Waals surface area contributed by atoms with Crippen LogP contribution in [0.25, 0.3) is 0 Å². The molecule has 1 aromatic rings. The van der Waals surface area contributed by atoms with E-state index in [1.54, 1.807) is 31.4 Å². The molecule has 5 atom stereocenters. The number of thiophene rings is 1. The quantitative estimate of drug-likeness (QED) is 0.196. The highest BCUT2D eigenvalue weighted by molar-refractivity contribution is 7.91. The average molecular weight is 753 g/mol. The number of rotatable bonds is 15. The Bertz CT molecular complexity index is 1510. The number of likely N-dealkylation sites (tertiary alicyclic amines) is 1. The molecule has 1 unspecified atom stereocenters. The van der Waals surface area contributed by atoms with Gasteiger partial charge in [-0.25, -0.2) is 13.2 Å². The van der Waals surface area contributed by atoms with Crippen LogP contribution in [0.4, 0.5) is 4.79 Å². The van der Waals surface area contributed by atoms with Crippen LogP contribution in [0.2, 0.25) is 0 Å². The van der Waals surface area contributed by atoms with E-state index in [0.29, 0.717) is 12.8 Å². The topological polar surface area (TPSA) is 188 Å². The molecule has 1 aromatic heterocycles. The van der Waals surface area contributed by atoms with Gasteiger partial charge >= 0.3 is 6.03 Å². The lowest BCUT2D eigenvalue weighted by Gasteiger charge is -2.39. The number of hydrogen-bond donors (Lipinski definition) is 4. The molecule has 13 nitrogen and oxygen atoms in total. The van der Waals surface area contributed by atoms with Crippen LogP contribution >= 0.6 is 11.3 Å². The van der Waals surface area contributed by atoms with E-state index >= 15 is 0 Å². The number of nitrogens with zero attached hydrogens (tertiary/aromatic N) is 2. The van der Waals surface area contributed by atoms with Crippen LogP contribution in [-0.4, -0.2) is 90.5 Å². The van der Waals surface area contributed by atoms with Crippen LogP contribution in [0, 0.1) is 28.6 Å². The van der Waals surface area contributed by atoms with E-state index in [2.05, 4.69) is 16.0 Å². The Morgan fingerprint density at radius 3 is 2.04 bits per heavy atom. The number of sulfonamides is 1. The molecule has 15 heteroatoms. The molecule has 2 fully saturated rings. The summed E-state index contributed by atoms with van der Waals surface area (Å²) < 4.78 is 28.8. The number of urea groups is 1. The highest BCUT2D eigenvalue weighted by atomic mass is 32.2. The van der Waals surface area contributed by atoms with Crippen molar-refractivity contribution in [2.75, 3.05) is 13.1 Å². The molecule has 1 aliphatic carbocycles. The van der Waals surface area contributed by atoms with Crippen LogP contribution < -0.4 is 21.7 Å². The van der Waals surface area contributed by atoms with Crippen molar-refractivity contribution in [2.45, 2.75) is 136 Å². The fraction of sp³-hybridized carbons (Fsp3) is 0.750. The third-order valence-electron chi connectivity index (χ3n) is 10.3. The SMILES string of the molecule is CC(C)[C@H]1CCN(C(=O)[C@@H](NC(=O)N[C@H](CN(C(C)C)S(=O)(=O)c2cccs2)C(C)(C)C)C(C)(C)C)[C@@H]1C(=O)NC(CC1CCC1)C(=O)C(N)=O. The van der Waals surface area contributed by atoms with E-state index in [1.807, 2.05) is 55.4 Å². The van der Waals surface area contributed by atoms with Gasteiger partial charge in [0.2, 0.25) is 17.6 Å². The first-order chi connectivity index (χ1) is 23.5. The molecule has 1 aliphatic heterocycles. The van der Waals surface area contributed by atoms with Gasteiger partial charge in [-0.1, -0.05) is 80.7 Å². The van der Waals surface area contributed by atoms with Crippen LogP contribution in [0.3, 0.4) is 0 Å². The van der Waals surface area contributed by atoms with Crippen LogP contribution in [-0.2, 0) is 29.2 Å². The Kier molecular flexibility index (Phi) is 13.9. The molecular formula is C36H60N6O7S2. The maximum absolute atomic E-state index is 14.5. The third kappa shape index (κ3) is 10.5. The summed E-state index contributed by atoms with van der Waals surface area (Å²) in [4.78, 5) is 68.4. The van der Waals surface area contributed by atoms with Crippen molar-refractivity contribution in [2.24, 2.45) is 34.3 Å². The predicted molar refractivity (Wildman–Crippen MR) is 198 cm³/mol. The lowest BCUT2D eigenvalue weighted by atomic mass is 9.80. The molecule has 0 aromatic carbocycles. The Labute approximate surface area is 308 Å². The number of carbonyl (C=O) groups is 5. The lowest BCUT2D eigenvalue weighted by Crippen LogP contribution is -2.62. The van der Waals surface area contributed by atoms with Gasteiger partial charge in [-0.15, -0.1) is 11.3 Å². The molecule has 0 spiro atoms.